The number of likely N-dealkylation sites (tertiary alicyclic amines) is 2. The van der Waals surface area contributed by atoms with Crippen molar-refractivity contribution in [2.24, 2.45) is 0 Å². The number of methoxy groups -OCH3 is 1. The topological polar surface area (TPSA) is 100 Å². The highest BCUT2D eigenvalue weighted by molar-refractivity contribution is 7.92. The van der Waals surface area contributed by atoms with Gasteiger partial charge in [-0.3, -0.25) is 19.3 Å². The molecule has 0 saturated carbocycles. The largest absolute Gasteiger partial charge is 0.493 e. The van der Waals surface area contributed by atoms with E-state index in [1.807, 2.05) is 0 Å². The van der Waals surface area contributed by atoms with Gasteiger partial charge in [0.25, 0.3) is 15.9 Å². The van der Waals surface area contributed by atoms with E-state index in [0.29, 0.717) is 27.8 Å². The fourth-order valence-corrected chi connectivity index (χ4v) is 7.38. The number of nitrogens with zero attached hydrogens (tertiary/aromatic N) is 2. The van der Waals surface area contributed by atoms with Gasteiger partial charge in [0.1, 0.15) is 0 Å². The Bertz CT molecular complexity index is 1520. The molecule has 11 heteroatoms. The number of carbonyl (C=O) groups is 1. The van der Waals surface area contributed by atoms with Crippen LogP contribution < -0.4 is 19.5 Å². The lowest BCUT2D eigenvalue weighted by molar-refractivity contribution is -0.0970. The lowest BCUT2D eigenvalue weighted by Gasteiger charge is -2.53. The van der Waals surface area contributed by atoms with Gasteiger partial charge in [-0.05, 0) is 80.6 Å². The van der Waals surface area contributed by atoms with Crippen molar-refractivity contribution in [1.29, 1.82) is 0 Å². The van der Waals surface area contributed by atoms with Crippen LogP contribution in [0.3, 0.4) is 0 Å². The number of hydrogen-bond donors (Lipinski definition) is 2. The van der Waals surface area contributed by atoms with E-state index in [-0.39, 0.29) is 16.5 Å². The second kappa shape index (κ2) is 14.2. The number of amides is 1. The molecular formula is C33H41ClN4O5S. The van der Waals surface area contributed by atoms with Crippen LogP contribution in [0, 0.1) is 0 Å². The number of ether oxygens (including phenoxy) is 2. The molecule has 0 radical (unpaired) electrons. The van der Waals surface area contributed by atoms with Gasteiger partial charge in [0.2, 0.25) is 0 Å². The second-order valence-corrected chi connectivity index (χ2v) is 13.4. The van der Waals surface area contributed by atoms with Crippen LogP contribution in [0.4, 0.5) is 5.69 Å². The SMILES string of the molecule is CCC(NC(=O)c1ccc(S(=O)(=O)Nc2ccccc2Oc2ccc(Cl)cc2OC)cc1)(N1CCCCC1)N1CCCCC1. The molecule has 2 aliphatic rings. The van der Waals surface area contributed by atoms with E-state index < -0.39 is 15.8 Å². The number of nitrogens with one attached hydrogen (secondary N) is 2. The Kier molecular flexibility index (Phi) is 10.4. The molecule has 0 bridgehead atoms. The van der Waals surface area contributed by atoms with Crippen molar-refractivity contribution in [2.75, 3.05) is 38.0 Å². The molecular weight excluding hydrogens is 600 g/mol. The van der Waals surface area contributed by atoms with Crippen LogP contribution in [-0.4, -0.2) is 63.2 Å². The minimum absolute atomic E-state index is 0.0294. The molecule has 2 N–H and O–H groups in total. The molecule has 5 rings (SSSR count). The first-order valence-corrected chi connectivity index (χ1v) is 17.2. The van der Waals surface area contributed by atoms with Crippen molar-refractivity contribution in [1.82, 2.24) is 15.1 Å². The highest BCUT2D eigenvalue weighted by Crippen LogP contribution is 2.37. The van der Waals surface area contributed by atoms with E-state index in [4.69, 9.17) is 21.1 Å². The van der Waals surface area contributed by atoms with E-state index in [9.17, 15) is 13.2 Å². The second-order valence-electron chi connectivity index (χ2n) is 11.2. The first-order valence-electron chi connectivity index (χ1n) is 15.3. The highest BCUT2D eigenvalue weighted by atomic mass is 35.5. The zero-order valence-corrected chi connectivity index (χ0v) is 26.9. The molecule has 3 aromatic rings. The number of halogens is 1. The fourth-order valence-electron chi connectivity index (χ4n) is 6.15. The minimum Gasteiger partial charge on any atom is -0.493 e. The van der Waals surface area contributed by atoms with Crippen molar-refractivity contribution in [3.8, 4) is 17.2 Å². The number of piperidine rings is 2. The molecule has 2 saturated heterocycles. The summed E-state index contributed by atoms with van der Waals surface area (Å²) in [5.74, 6) is 0.322. The average molecular weight is 641 g/mol. The number of carbonyl (C=O) groups excluding carboxylic acids is 1. The first-order chi connectivity index (χ1) is 21.3. The van der Waals surface area contributed by atoms with Crippen molar-refractivity contribution in [3.63, 3.8) is 0 Å². The van der Waals surface area contributed by atoms with E-state index >= 15 is 0 Å². The van der Waals surface area contributed by atoms with Crippen LogP contribution in [0.5, 0.6) is 17.2 Å². The summed E-state index contributed by atoms with van der Waals surface area (Å²) in [5.41, 5.74) is 0.663. The molecule has 3 aromatic carbocycles. The third-order valence-electron chi connectivity index (χ3n) is 8.47. The number of benzene rings is 3. The van der Waals surface area contributed by atoms with Gasteiger partial charge in [0, 0.05) is 42.8 Å². The number of hydrogen-bond acceptors (Lipinski definition) is 7. The number of rotatable bonds is 11. The molecule has 9 nitrogen and oxygen atoms in total. The molecule has 236 valence electrons. The summed E-state index contributed by atoms with van der Waals surface area (Å²) in [4.78, 5) is 18.6. The zero-order valence-electron chi connectivity index (χ0n) is 25.4. The average Bonchev–Trinajstić information content (AvgIpc) is 3.06. The van der Waals surface area contributed by atoms with Gasteiger partial charge in [-0.1, -0.05) is 43.5 Å². The van der Waals surface area contributed by atoms with Crippen LogP contribution in [0.25, 0.3) is 0 Å². The van der Waals surface area contributed by atoms with Crippen LogP contribution >= 0.6 is 11.6 Å². The lowest BCUT2D eigenvalue weighted by atomic mass is 10.0. The maximum atomic E-state index is 13.7. The van der Waals surface area contributed by atoms with E-state index in [2.05, 4.69) is 26.8 Å². The molecule has 0 spiro atoms. The first kappa shape index (κ1) is 32.1. The van der Waals surface area contributed by atoms with Crippen molar-refractivity contribution in [2.45, 2.75) is 62.6 Å². The predicted octanol–water partition coefficient (Wildman–Crippen LogP) is 6.71. The zero-order chi connectivity index (χ0) is 31.2. The van der Waals surface area contributed by atoms with Gasteiger partial charge in [-0.25, -0.2) is 8.42 Å². The monoisotopic (exact) mass is 640 g/mol. The Morgan fingerprint density at radius 3 is 2.05 bits per heavy atom. The number of sulfonamides is 1. The molecule has 0 atom stereocenters. The van der Waals surface area contributed by atoms with E-state index in [0.717, 1.165) is 58.3 Å². The maximum Gasteiger partial charge on any atom is 0.262 e. The highest BCUT2D eigenvalue weighted by Gasteiger charge is 2.43. The number of para-hydroxylation sites is 2. The van der Waals surface area contributed by atoms with Crippen LogP contribution in [0.15, 0.2) is 71.6 Å². The summed E-state index contributed by atoms with van der Waals surface area (Å²) >= 11 is 6.07. The standard InChI is InChI=1S/C33H41ClN4O5S/c1-3-33(37-20-8-4-9-21-37,38-22-10-5-11-23-38)35-32(39)25-14-17-27(18-15-25)44(40,41)36-28-12-6-7-13-29(28)43-30-19-16-26(34)24-31(30)42-2/h6-7,12-19,24,36H,3-5,8-11,20-23H2,1-2H3,(H,35,39). The third kappa shape index (κ3) is 7.15. The summed E-state index contributed by atoms with van der Waals surface area (Å²) in [6, 6.07) is 17.7. The van der Waals surface area contributed by atoms with Gasteiger partial charge in [-0.15, -0.1) is 0 Å². The summed E-state index contributed by atoms with van der Waals surface area (Å²) < 4.78 is 40.8. The third-order valence-corrected chi connectivity index (χ3v) is 10.1. The maximum absolute atomic E-state index is 13.7. The molecule has 0 unspecified atom stereocenters. The summed E-state index contributed by atoms with van der Waals surface area (Å²) in [6.45, 7) is 5.93. The quantitative estimate of drug-likeness (QED) is 0.240. The summed E-state index contributed by atoms with van der Waals surface area (Å²) in [5, 5.41) is 3.88. The summed E-state index contributed by atoms with van der Waals surface area (Å²) in [7, 11) is -2.50. The number of anilines is 1. The van der Waals surface area contributed by atoms with Crippen molar-refractivity contribution < 1.29 is 22.7 Å². The van der Waals surface area contributed by atoms with Crippen molar-refractivity contribution >= 4 is 33.2 Å². The Balaban J connectivity index is 1.33. The predicted molar refractivity (Wildman–Crippen MR) is 173 cm³/mol. The Morgan fingerprint density at radius 1 is 0.841 bits per heavy atom. The molecule has 2 aliphatic heterocycles. The van der Waals surface area contributed by atoms with Crippen LogP contribution in [-0.2, 0) is 10.0 Å². The lowest BCUT2D eigenvalue weighted by Crippen LogP contribution is -2.71. The normalized spacial score (nSPS) is 16.7. The molecule has 1 amide bonds. The minimum atomic E-state index is -4.00. The van der Waals surface area contributed by atoms with Gasteiger partial charge >= 0.3 is 0 Å². The molecule has 2 heterocycles. The van der Waals surface area contributed by atoms with E-state index in [1.165, 1.54) is 32.1 Å². The fraction of sp³-hybridized carbons (Fsp3) is 0.424. The van der Waals surface area contributed by atoms with E-state index in [1.54, 1.807) is 54.6 Å². The van der Waals surface area contributed by atoms with Gasteiger partial charge in [0.05, 0.1) is 17.7 Å². The molecule has 2 fully saturated rings. The van der Waals surface area contributed by atoms with Gasteiger partial charge < -0.3 is 14.8 Å². The molecule has 44 heavy (non-hydrogen) atoms. The summed E-state index contributed by atoms with van der Waals surface area (Å²) in [6.07, 6.45) is 7.65. The van der Waals surface area contributed by atoms with Gasteiger partial charge in [0.15, 0.2) is 23.0 Å². The van der Waals surface area contributed by atoms with Crippen LogP contribution in [0.1, 0.15) is 62.2 Å². The van der Waals surface area contributed by atoms with Crippen LogP contribution in [0.2, 0.25) is 5.02 Å². The molecule has 0 aromatic heterocycles. The Hall–Kier alpha value is -3.31. The smallest absolute Gasteiger partial charge is 0.262 e. The Morgan fingerprint density at radius 2 is 1.45 bits per heavy atom. The van der Waals surface area contributed by atoms with Crippen molar-refractivity contribution in [3.05, 3.63) is 77.3 Å². The Labute approximate surface area is 265 Å². The van der Waals surface area contributed by atoms with Gasteiger partial charge in [-0.2, -0.15) is 0 Å². The molecule has 0 aliphatic carbocycles.